The molecule has 3 aromatic heterocycles. The number of aryl methyl sites for hydroxylation is 5. The molecule has 0 unspecified atom stereocenters. The number of hydrogen-bond donors (Lipinski definition) is 1. The number of halogens is 5. The number of alkyl halides is 1. The second kappa shape index (κ2) is 29.6. The average Bonchev–Trinajstić information content (AvgIpc) is 3.91. The van der Waals surface area contributed by atoms with Crippen molar-refractivity contribution in [1.29, 1.82) is 0 Å². The molecule has 0 fully saturated rings. The topological polar surface area (TPSA) is 148 Å². The van der Waals surface area contributed by atoms with E-state index in [9.17, 15) is 31.9 Å². The SMILES string of the molecule is C.C.C.C.CCOC(COc1c(C)cc(F)cc1C=O)OCC.Cc1cc(=O)oc2cc(OCc3cc4cc(F)cc(C)c4o3)ccc12.Cc1cc(F)cc(C=O)c1O.Cc1cc(F)cc2cc(CBr)oc12. The van der Waals surface area contributed by atoms with Gasteiger partial charge in [-0.05, 0) is 149 Å². The van der Waals surface area contributed by atoms with Gasteiger partial charge in [-0.15, -0.1) is 0 Å². The first-order valence-corrected chi connectivity index (χ1v) is 22.2. The normalized spacial score (nSPS) is 10.2. The maximum absolute atomic E-state index is 13.5. The highest BCUT2D eigenvalue weighted by atomic mass is 79.9. The first-order chi connectivity index (χ1) is 32.5. The van der Waals surface area contributed by atoms with Crippen LogP contribution in [0, 0.1) is 57.9 Å². The number of carbonyl (C=O) groups excluding carboxylic acids is 2. The maximum atomic E-state index is 13.5. The Morgan fingerprint density at radius 3 is 1.64 bits per heavy atom. The molecule has 0 aliphatic heterocycles. The molecule has 8 rings (SSSR count). The third-order valence-electron chi connectivity index (χ3n) is 9.96. The van der Waals surface area contributed by atoms with Gasteiger partial charge in [0, 0.05) is 41.5 Å². The van der Waals surface area contributed by atoms with Crippen molar-refractivity contribution in [3.05, 3.63) is 169 Å². The predicted molar refractivity (Wildman–Crippen MR) is 280 cm³/mol. The fourth-order valence-corrected chi connectivity index (χ4v) is 7.19. The zero-order chi connectivity index (χ0) is 49.7. The van der Waals surface area contributed by atoms with Gasteiger partial charge in [-0.1, -0.05) is 45.6 Å². The number of hydrogen-bond acceptors (Lipinski definition) is 11. The largest absolute Gasteiger partial charge is 0.507 e. The van der Waals surface area contributed by atoms with Crippen LogP contribution in [0.3, 0.4) is 0 Å². The van der Waals surface area contributed by atoms with Gasteiger partial charge in [-0.2, -0.15) is 0 Å². The summed E-state index contributed by atoms with van der Waals surface area (Å²) in [6.45, 7) is 13.8. The fraction of sp³-hybridized carbons (Fsp3) is 0.304. The molecule has 8 aromatic rings. The number of phenols is 1. The molecule has 3 heterocycles. The van der Waals surface area contributed by atoms with Gasteiger partial charge in [0.15, 0.2) is 18.9 Å². The predicted octanol–water partition coefficient (Wildman–Crippen LogP) is 15.6. The van der Waals surface area contributed by atoms with Gasteiger partial charge < -0.3 is 37.3 Å². The van der Waals surface area contributed by atoms with Gasteiger partial charge in [0.1, 0.15) is 82.0 Å². The van der Waals surface area contributed by atoms with Crippen molar-refractivity contribution in [2.24, 2.45) is 0 Å². The molecule has 0 aliphatic rings. The minimum Gasteiger partial charge on any atom is -0.507 e. The first-order valence-electron chi connectivity index (χ1n) is 21.1. The molecule has 0 radical (unpaired) electrons. The number of aldehydes is 2. The molecular weight excluding hydrogens is 1000 g/mol. The van der Waals surface area contributed by atoms with Crippen LogP contribution < -0.4 is 15.1 Å². The van der Waals surface area contributed by atoms with E-state index in [1.165, 1.54) is 49.4 Å². The molecule has 11 nitrogen and oxygen atoms in total. The Balaban J connectivity index is 0.000000494. The molecule has 0 bridgehead atoms. The van der Waals surface area contributed by atoms with Crippen LogP contribution in [0.5, 0.6) is 17.2 Å². The summed E-state index contributed by atoms with van der Waals surface area (Å²) in [6, 6.07) is 20.9. The van der Waals surface area contributed by atoms with E-state index < -0.39 is 23.6 Å². The molecule has 0 aliphatic carbocycles. The zero-order valence-electron chi connectivity index (χ0n) is 38.3. The van der Waals surface area contributed by atoms with Gasteiger partial charge in [0.05, 0.1) is 16.5 Å². The first kappa shape index (κ1) is 63.3. The van der Waals surface area contributed by atoms with E-state index in [0.29, 0.717) is 76.1 Å². The molecule has 390 valence electrons. The maximum Gasteiger partial charge on any atom is 0.336 e. The third-order valence-corrected chi connectivity index (χ3v) is 10.5. The highest BCUT2D eigenvalue weighted by molar-refractivity contribution is 9.08. The van der Waals surface area contributed by atoms with Crippen molar-refractivity contribution in [1.82, 2.24) is 0 Å². The molecule has 16 heteroatoms. The Morgan fingerprint density at radius 2 is 1.10 bits per heavy atom. The van der Waals surface area contributed by atoms with Crippen LogP contribution in [-0.2, 0) is 21.4 Å². The van der Waals surface area contributed by atoms with Gasteiger partial charge >= 0.3 is 5.63 Å². The van der Waals surface area contributed by atoms with E-state index in [2.05, 4.69) is 15.9 Å². The van der Waals surface area contributed by atoms with Gasteiger partial charge in [0.2, 0.25) is 0 Å². The quantitative estimate of drug-likeness (QED) is 0.0387. The Labute approximate surface area is 426 Å². The standard InChI is InChI=1S/C20H15FO4.C14H19FO4.C10H8BrFO.C8H7FO2.4CH4/c1-11-6-19(22)25-18-9-15(3-4-17(11)18)23-10-16-8-13-7-14(21)5-12(2)20(13)24-16;1-4-17-13(18-5-2)9-19-14-10(3)6-12(15)7-11(14)8-16;1-6-2-8(12)3-7-4-9(5-11)13-10(6)7;1-5-2-7(9)3-6(4-10)8(5)11;;;;/h3-9H,10H2,1-2H3;6-8,13H,4-5,9H2,1-3H3;2-4H,5H2,1H3;2-4,11H,1H3;4*1H4. The summed E-state index contributed by atoms with van der Waals surface area (Å²) in [5.74, 6) is 0.704. The fourth-order valence-electron chi connectivity index (χ4n) is 6.92. The van der Waals surface area contributed by atoms with Crippen LogP contribution in [0.1, 0.15) is 104 Å². The number of phenolic OH excluding ortho intramolecular Hbond substituents is 1. The lowest BCUT2D eigenvalue weighted by molar-refractivity contribution is -0.152. The highest BCUT2D eigenvalue weighted by Gasteiger charge is 2.15. The van der Waals surface area contributed by atoms with Crippen LogP contribution in [0.15, 0.2) is 103 Å². The van der Waals surface area contributed by atoms with E-state index in [1.54, 1.807) is 26.0 Å². The summed E-state index contributed by atoms with van der Waals surface area (Å²) < 4.78 is 90.5. The number of rotatable bonds is 13. The summed E-state index contributed by atoms with van der Waals surface area (Å²) in [5.41, 5.74) is 5.05. The number of aromatic hydroxyl groups is 1. The van der Waals surface area contributed by atoms with Crippen LogP contribution >= 0.6 is 15.9 Å². The van der Waals surface area contributed by atoms with E-state index >= 15 is 0 Å². The van der Waals surface area contributed by atoms with E-state index in [4.69, 9.17) is 37.3 Å². The van der Waals surface area contributed by atoms with Crippen molar-refractivity contribution >= 4 is 61.4 Å². The lowest BCUT2D eigenvalue weighted by atomic mass is 10.1. The lowest BCUT2D eigenvalue weighted by Crippen LogP contribution is -2.25. The van der Waals surface area contributed by atoms with E-state index in [-0.39, 0.29) is 71.4 Å². The van der Waals surface area contributed by atoms with Gasteiger partial charge in [0.25, 0.3) is 0 Å². The summed E-state index contributed by atoms with van der Waals surface area (Å²) in [6.07, 6.45) is 0.492. The van der Waals surface area contributed by atoms with E-state index in [0.717, 1.165) is 50.9 Å². The molecule has 1 N–H and O–H groups in total. The summed E-state index contributed by atoms with van der Waals surface area (Å²) in [4.78, 5) is 32.6. The van der Waals surface area contributed by atoms with Crippen LogP contribution in [0.2, 0.25) is 0 Å². The van der Waals surface area contributed by atoms with Crippen molar-refractivity contribution in [2.75, 3.05) is 19.8 Å². The molecule has 72 heavy (non-hydrogen) atoms. The summed E-state index contributed by atoms with van der Waals surface area (Å²) >= 11 is 3.29. The minimum absolute atomic E-state index is 0. The van der Waals surface area contributed by atoms with Crippen molar-refractivity contribution < 1.29 is 64.5 Å². The highest BCUT2D eigenvalue weighted by Crippen LogP contribution is 2.29. The molecule has 5 aromatic carbocycles. The molecule has 0 saturated heterocycles. The zero-order valence-corrected chi connectivity index (χ0v) is 39.9. The minimum atomic E-state index is -0.512. The average molecular weight is 1070 g/mol. The Morgan fingerprint density at radius 1 is 0.597 bits per heavy atom. The van der Waals surface area contributed by atoms with Crippen molar-refractivity contribution in [3.8, 4) is 17.2 Å². The second-order valence-electron chi connectivity index (χ2n) is 15.2. The van der Waals surface area contributed by atoms with Crippen molar-refractivity contribution in [2.45, 2.75) is 96.4 Å². The Kier molecular flexibility index (Phi) is 26.0. The lowest BCUT2D eigenvalue weighted by Gasteiger charge is -2.19. The van der Waals surface area contributed by atoms with E-state index in [1.807, 2.05) is 45.9 Å². The number of ether oxygens (including phenoxy) is 4. The third kappa shape index (κ3) is 16.9. The number of benzene rings is 5. The van der Waals surface area contributed by atoms with Gasteiger partial charge in [-0.3, -0.25) is 9.59 Å². The summed E-state index contributed by atoms with van der Waals surface area (Å²) in [7, 11) is 0. The van der Waals surface area contributed by atoms with Gasteiger partial charge in [-0.25, -0.2) is 22.4 Å². The molecule has 0 atom stereocenters. The van der Waals surface area contributed by atoms with Crippen LogP contribution in [0.25, 0.3) is 32.9 Å². The molecule has 0 spiro atoms. The monoisotopic (exact) mass is 1070 g/mol. The number of carbonyl (C=O) groups is 2. The molecule has 0 amide bonds. The summed E-state index contributed by atoms with van der Waals surface area (Å²) in [5, 5.41) is 12.2. The number of furan rings is 2. The smallest absolute Gasteiger partial charge is 0.336 e. The molecule has 0 saturated carbocycles. The van der Waals surface area contributed by atoms with Crippen molar-refractivity contribution in [3.63, 3.8) is 0 Å². The molecular formula is C56H65BrF4O11. The Bertz CT molecular complexity index is 3080. The number of fused-ring (bicyclic) bond motifs is 3. The second-order valence-corrected chi connectivity index (χ2v) is 15.8. The van der Waals surface area contributed by atoms with Crippen LogP contribution in [0.4, 0.5) is 17.6 Å². The Hall–Kier alpha value is -6.75. The van der Waals surface area contributed by atoms with Crippen LogP contribution in [-0.4, -0.2) is 43.8 Å².